The lowest BCUT2D eigenvalue weighted by Gasteiger charge is -2.28. The summed E-state index contributed by atoms with van der Waals surface area (Å²) in [6.07, 6.45) is 34.5. The maximum absolute atomic E-state index is 12.7. The van der Waals surface area contributed by atoms with E-state index >= 15 is 0 Å². The molecule has 0 aromatic carbocycles. The third kappa shape index (κ3) is 39.9. The van der Waals surface area contributed by atoms with Crippen molar-refractivity contribution in [3.8, 4) is 0 Å². The number of carbonyl (C=O) groups excluding carboxylic acids is 2. The molecule has 0 aliphatic rings. The molecule has 2 atom stereocenters. The van der Waals surface area contributed by atoms with E-state index in [0.717, 1.165) is 57.8 Å². The van der Waals surface area contributed by atoms with Crippen molar-refractivity contribution < 1.29 is 44.8 Å². The molecule has 0 saturated carbocycles. The molecule has 0 heterocycles. The highest BCUT2D eigenvalue weighted by molar-refractivity contribution is 7.45. The van der Waals surface area contributed by atoms with Crippen molar-refractivity contribution >= 4 is 19.8 Å². The number of phosphoric acid groups is 1. The lowest BCUT2D eigenvalue weighted by atomic mass is 10.0. The fourth-order valence-electron chi connectivity index (χ4n) is 5.63. The number of allylic oxidation sites excluding steroid dienone is 6. The van der Waals surface area contributed by atoms with Crippen LogP contribution in [0.15, 0.2) is 36.5 Å². The average Bonchev–Trinajstić information content (AvgIpc) is 3.13. The Morgan fingerprint density at radius 2 is 1.15 bits per heavy atom. The molecule has 0 bridgehead atoms. The quantitative estimate of drug-likeness (QED) is 0.0199. The zero-order valence-corrected chi connectivity index (χ0v) is 36.1. The smallest absolute Gasteiger partial charge is 0.306 e. The largest absolute Gasteiger partial charge is 0.756 e. The Labute approximate surface area is 334 Å². The molecule has 0 saturated heterocycles. The van der Waals surface area contributed by atoms with Crippen LogP contribution in [0, 0.1) is 0 Å². The van der Waals surface area contributed by atoms with Crippen LogP contribution >= 0.6 is 7.82 Å². The number of esters is 2. The Morgan fingerprint density at radius 3 is 1.70 bits per heavy atom. The number of quaternary nitrogens is 1. The van der Waals surface area contributed by atoms with E-state index in [4.69, 9.17) is 21.3 Å². The number of carbonyl (C=O) groups is 2. The number of unbranched alkanes of at least 4 members (excludes halogenated alkanes) is 19. The van der Waals surface area contributed by atoms with Gasteiger partial charge in [0.2, 0.25) is 0 Å². The molecule has 0 amide bonds. The summed E-state index contributed by atoms with van der Waals surface area (Å²) in [6.45, 7) is 3.87. The van der Waals surface area contributed by atoms with Crippen molar-refractivity contribution in [3.63, 3.8) is 0 Å². The highest BCUT2D eigenvalue weighted by atomic mass is 31.2. The second kappa shape index (κ2) is 36.8. The summed E-state index contributed by atoms with van der Waals surface area (Å²) in [5, 5.41) is 0. The van der Waals surface area contributed by atoms with Crippen molar-refractivity contribution in [2.24, 2.45) is 0 Å². The van der Waals surface area contributed by atoms with Gasteiger partial charge >= 0.3 is 11.9 Å². The Morgan fingerprint density at radius 1 is 0.648 bits per heavy atom. The van der Waals surface area contributed by atoms with Gasteiger partial charge < -0.3 is 27.9 Å². The van der Waals surface area contributed by atoms with Crippen LogP contribution in [-0.2, 0) is 32.7 Å². The Kier molecular flexibility index (Phi) is 33.0. The van der Waals surface area contributed by atoms with E-state index in [1.54, 1.807) is 12.2 Å². The van der Waals surface area contributed by atoms with Crippen LogP contribution in [0.5, 0.6) is 0 Å². The number of rotatable bonds is 39. The van der Waals surface area contributed by atoms with Gasteiger partial charge in [-0.1, -0.05) is 159 Å². The standard InChI is InChI=1S/C44H82NO8P/c1-6-8-10-12-14-16-18-20-22-24-26-28-30-32-34-36-43(46)50-40-42(41-52-54(48,49)51-39-38-45(3,4)5)53-44(47)37-35-33-31-29-27-25-23-21-19-17-15-13-11-9-7-2/h9,11,15,17,21,23,42H,6-8,10,12-14,16,18-20,22,24-41H2,1-5H3/b11-9-,17-15-,23-21-/t42-/m1/s1/i13D2. The molecule has 0 aromatic rings. The lowest BCUT2D eigenvalue weighted by Crippen LogP contribution is -2.37. The number of likely N-dealkylation sites (N-methyl/N-ethyl adjacent to an activating group) is 1. The van der Waals surface area contributed by atoms with Crippen molar-refractivity contribution in [2.45, 2.75) is 187 Å². The minimum atomic E-state index is -4.65. The summed E-state index contributed by atoms with van der Waals surface area (Å²) >= 11 is 0. The zero-order valence-electron chi connectivity index (χ0n) is 37.2. The minimum absolute atomic E-state index is 0.0478. The maximum Gasteiger partial charge on any atom is 0.306 e. The summed E-state index contributed by atoms with van der Waals surface area (Å²) < 4.78 is 49.6. The molecule has 0 rings (SSSR count). The first-order valence-electron chi connectivity index (χ1n) is 22.5. The van der Waals surface area contributed by atoms with Crippen molar-refractivity contribution in [2.75, 3.05) is 47.5 Å². The SMILES string of the molecule is [2H]C([2H])(/C=C\CC)/C=C\C/C=C\CCCCCCCC(=O)O[C@H](COC(=O)CCCCCCCCCCCCCCCCC)COP(=O)([O-])OCC[N+](C)(C)C. The first-order chi connectivity index (χ1) is 26.7. The van der Waals surface area contributed by atoms with Crippen LogP contribution in [0.1, 0.15) is 183 Å². The number of hydrogen-bond acceptors (Lipinski definition) is 8. The topological polar surface area (TPSA) is 111 Å². The summed E-state index contributed by atoms with van der Waals surface area (Å²) in [7, 11) is 1.11. The second-order valence-electron chi connectivity index (χ2n) is 15.5. The summed E-state index contributed by atoms with van der Waals surface area (Å²) in [4.78, 5) is 37.5. The molecule has 0 radical (unpaired) electrons. The highest BCUT2D eigenvalue weighted by Gasteiger charge is 2.21. The van der Waals surface area contributed by atoms with Crippen molar-refractivity contribution in [1.29, 1.82) is 0 Å². The molecule has 1 unspecified atom stereocenters. The predicted octanol–water partition coefficient (Wildman–Crippen LogP) is 11.5. The average molecular weight is 786 g/mol. The van der Waals surface area contributed by atoms with E-state index in [1.165, 1.54) is 77.0 Å². The molecule has 0 spiro atoms. The zero-order chi connectivity index (χ0) is 41.8. The van der Waals surface area contributed by atoms with Gasteiger partial charge in [0.05, 0.1) is 27.7 Å². The molecule has 0 aromatic heterocycles. The molecule has 0 aliphatic carbocycles. The number of phosphoric ester groups is 1. The van der Waals surface area contributed by atoms with Gasteiger partial charge in [-0.05, 0) is 44.9 Å². The number of hydrogen-bond donors (Lipinski definition) is 0. The minimum Gasteiger partial charge on any atom is -0.756 e. The van der Waals surface area contributed by atoms with Crippen LogP contribution in [0.2, 0.25) is 0 Å². The number of nitrogens with zero attached hydrogens (tertiary/aromatic N) is 1. The molecule has 0 N–H and O–H groups in total. The van der Waals surface area contributed by atoms with Gasteiger partial charge in [0, 0.05) is 15.6 Å². The Bertz CT molecular complexity index is 1110. The monoisotopic (exact) mass is 786 g/mol. The van der Waals surface area contributed by atoms with Crippen molar-refractivity contribution in [3.05, 3.63) is 36.5 Å². The second-order valence-corrected chi connectivity index (χ2v) is 16.9. The first-order valence-corrected chi connectivity index (χ1v) is 22.9. The molecule has 316 valence electrons. The molecule has 0 fully saturated rings. The predicted molar refractivity (Wildman–Crippen MR) is 222 cm³/mol. The van der Waals surface area contributed by atoms with E-state index in [9.17, 15) is 19.0 Å². The number of ether oxygens (including phenoxy) is 2. The molecular formula is C44H82NO8P. The van der Waals surface area contributed by atoms with Gasteiger partial charge in [-0.2, -0.15) is 0 Å². The van der Waals surface area contributed by atoms with Gasteiger partial charge in [-0.25, -0.2) is 0 Å². The third-order valence-corrected chi connectivity index (χ3v) is 9.96. The fourth-order valence-corrected chi connectivity index (χ4v) is 6.36. The summed E-state index contributed by atoms with van der Waals surface area (Å²) in [5.74, 6) is -0.895. The van der Waals surface area contributed by atoms with Gasteiger partial charge in [0.25, 0.3) is 7.82 Å². The maximum atomic E-state index is 12.7. The van der Waals surface area contributed by atoms with Gasteiger partial charge in [-0.3, -0.25) is 14.2 Å². The normalized spacial score (nSPS) is 14.8. The van der Waals surface area contributed by atoms with Crippen LogP contribution in [0.25, 0.3) is 0 Å². The van der Waals surface area contributed by atoms with Crippen LogP contribution in [-0.4, -0.2) is 70.0 Å². The summed E-state index contributed by atoms with van der Waals surface area (Å²) in [5.41, 5.74) is 0. The van der Waals surface area contributed by atoms with Gasteiger partial charge in [-0.15, -0.1) is 0 Å². The van der Waals surface area contributed by atoms with E-state index in [0.29, 0.717) is 23.9 Å². The molecule has 0 aliphatic heterocycles. The third-order valence-electron chi connectivity index (χ3n) is 9.00. The van der Waals surface area contributed by atoms with E-state index in [2.05, 4.69) is 13.0 Å². The van der Waals surface area contributed by atoms with E-state index in [1.807, 2.05) is 46.3 Å². The van der Waals surface area contributed by atoms with Crippen LogP contribution in [0.4, 0.5) is 0 Å². The molecule has 9 nitrogen and oxygen atoms in total. The van der Waals surface area contributed by atoms with Crippen molar-refractivity contribution in [1.82, 2.24) is 0 Å². The lowest BCUT2D eigenvalue weighted by molar-refractivity contribution is -0.870. The van der Waals surface area contributed by atoms with Gasteiger partial charge in [0.15, 0.2) is 6.10 Å². The van der Waals surface area contributed by atoms with Gasteiger partial charge in [0.1, 0.15) is 19.8 Å². The Hall–Kier alpha value is -1.77. The summed E-state index contributed by atoms with van der Waals surface area (Å²) in [6, 6.07) is 0. The first kappa shape index (κ1) is 48.4. The molecule has 10 heteroatoms. The van der Waals surface area contributed by atoms with E-state index < -0.39 is 38.8 Å². The van der Waals surface area contributed by atoms with Crippen LogP contribution < -0.4 is 4.89 Å². The Balaban J connectivity index is 4.44. The van der Waals surface area contributed by atoms with E-state index in [-0.39, 0.29) is 26.1 Å². The molecule has 54 heavy (non-hydrogen) atoms. The highest BCUT2D eigenvalue weighted by Crippen LogP contribution is 2.38. The van der Waals surface area contributed by atoms with Crippen LogP contribution in [0.3, 0.4) is 0 Å². The molecular weight excluding hydrogens is 701 g/mol. The fraction of sp³-hybridized carbons (Fsp3) is 0.818.